The fourth-order valence-corrected chi connectivity index (χ4v) is 19.2. The van der Waals surface area contributed by atoms with Gasteiger partial charge in [0.05, 0.1) is 27.1 Å². The van der Waals surface area contributed by atoms with Crippen LogP contribution < -0.4 is 56.4 Å². The number of phenols is 1. The second-order valence-electron chi connectivity index (χ2n) is 27.3. The molecular weight excluding hydrogens is 1140 g/mol. The number of nitrogens with one attached hydrogen (secondary N) is 3. The third kappa shape index (κ3) is 12.0. The first-order valence-corrected chi connectivity index (χ1v) is 33.8. The van der Waals surface area contributed by atoms with Gasteiger partial charge in [-0.25, -0.2) is 13.4 Å². The zero-order valence-electron chi connectivity index (χ0n) is 51.2. The Morgan fingerprint density at radius 2 is 1.67 bits per heavy atom. The van der Waals surface area contributed by atoms with Crippen LogP contribution in [0.4, 0.5) is 5.82 Å². The number of hydrogen-bond acceptors (Lipinski definition) is 11. The maximum absolute atomic E-state index is 14.5. The molecule has 2 saturated carbocycles. The van der Waals surface area contributed by atoms with Crippen LogP contribution in [0.1, 0.15) is 163 Å². The fourth-order valence-electron chi connectivity index (χ4n) is 18.1. The summed E-state index contributed by atoms with van der Waals surface area (Å²) in [5.74, 6) is 5.49. The van der Waals surface area contributed by atoms with Crippen molar-refractivity contribution >= 4 is 21.9 Å². The first-order valence-electron chi connectivity index (χ1n) is 32.4. The summed E-state index contributed by atoms with van der Waals surface area (Å²) < 4.78 is 58.4. The number of ether oxygens (including phenoxy) is 2. The molecule has 1 saturated heterocycles. The summed E-state index contributed by atoms with van der Waals surface area (Å²) in [6.45, 7) is 3.72. The van der Waals surface area contributed by atoms with E-state index in [1.807, 2.05) is 36.5 Å². The van der Waals surface area contributed by atoms with Gasteiger partial charge in [0.25, 0.3) is 0 Å². The number of aromatic nitrogens is 1. The Hall–Kier alpha value is -5.90. The Morgan fingerprint density at radius 1 is 0.865 bits per heavy atom. The molecule has 6 aliphatic heterocycles. The van der Waals surface area contributed by atoms with Gasteiger partial charge in [0.2, 0.25) is 5.72 Å². The molecule has 0 radical (unpaired) electrons. The minimum Gasteiger partial charge on any atom is -0.748 e. The molecule has 6 aromatic rings. The Labute approximate surface area is 546 Å². The van der Waals surface area contributed by atoms with E-state index in [0.717, 1.165) is 90.8 Å². The van der Waals surface area contributed by atoms with Crippen molar-refractivity contribution < 1.29 is 67.3 Å². The quantitative estimate of drug-likeness (QED) is 0.0162. The third-order valence-electron chi connectivity index (χ3n) is 22.3. The van der Waals surface area contributed by atoms with E-state index in [-0.39, 0.29) is 102 Å². The van der Waals surface area contributed by atoms with E-state index in [1.165, 1.54) is 16.7 Å². The number of nitrogens with zero attached hydrogens (tertiary/aromatic N) is 1. The SMILES string of the molecule is C[C@@H]1CCc2cc3ccc2[C@H]1C[C@@H](S(=O)(=O)[O-])[C@H]1C=C2C[C@H](C[C@H]4C[C@@H](CO)CC#Cc5cc(O)ccc5[C@@H]2O4)[C@@H]1c1ccc(cc1)[C@](N=C(N)N)([C@H]1CC[C@H]2CC[C@H](c4ccc5c(c4)[C@@H](CNc4ccc[nH]4)NCC5)C[C@@]2(O)[C@@H]1Cc1ccccc1)O3.[Na+]. The van der Waals surface area contributed by atoms with E-state index in [9.17, 15) is 28.3 Å². The average Bonchev–Trinajstić information content (AvgIpc) is 1.21. The van der Waals surface area contributed by atoms with Gasteiger partial charge in [0.1, 0.15) is 23.4 Å². The molecule has 16 atom stereocenters. The molecule has 0 unspecified atom stereocenters. The molecule has 10 bridgehead atoms. The number of aliphatic hydroxyl groups excluding tert-OH is 1. The van der Waals surface area contributed by atoms with E-state index in [4.69, 9.17) is 25.9 Å². The van der Waals surface area contributed by atoms with Crippen LogP contribution in [-0.4, -0.2) is 75.9 Å². The second kappa shape index (κ2) is 25.3. The summed E-state index contributed by atoms with van der Waals surface area (Å²) in [6.07, 6.45) is 12.0. The molecule has 460 valence electrons. The van der Waals surface area contributed by atoms with E-state index in [1.54, 1.807) is 12.1 Å². The number of nitrogens with two attached hydrogens (primary N) is 2. The summed E-state index contributed by atoms with van der Waals surface area (Å²) in [6, 6.07) is 41.2. The number of hydrogen-bond donors (Lipinski definition) is 8. The molecule has 0 spiro atoms. The van der Waals surface area contributed by atoms with E-state index >= 15 is 0 Å². The smallest absolute Gasteiger partial charge is 0.748 e. The van der Waals surface area contributed by atoms with Crippen LogP contribution in [-0.2, 0) is 39.8 Å². The van der Waals surface area contributed by atoms with Crippen LogP contribution in [0.5, 0.6) is 11.5 Å². The largest absolute Gasteiger partial charge is 1.00 e. The van der Waals surface area contributed by atoms with Crippen LogP contribution in [0.25, 0.3) is 0 Å². The van der Waals surface area contributed by atoms with Crippen LogP contribution in [0.3, 0.4) is 0 Å². The van der Waals surface area contributed by atoms with Gasteiger partial charge in [0.15, 0.2) is 5.96 Å². The molecular formula is C73H83N6NaO8S. The first-order chi connectivity index (χ1) is 42.6. The number of allylic oxidation sites excluding steroid dienone is 1. The van der Waals surface area contributed by atoms with Crippen LogP contribution >= 0.6 is 0 Å². The Balaban J connectivity index is 0.00000729. The summed E-state index contributed by atoms with van der Waals surface area (Å²) in [5.41, 5.74) is 21.7. The molecule has 1 aromatic heterocycles. The van der Waals surface area contributed by atoms with Gasteiger partial charge >= 0.3 is 29.6 Å². The molecule has 14 nitrogen and oxygen atoms in total. The van der Waals surface area contributed by atoms with Gasteiger partial charge in [-0.2, -0.15) is 0 Å². The summed E-state index contributed by atoms with van der Waals surface area (Å²) in [5, 5.41) is 41.9. The summed E-state index contributed by atoms with van der Waals surface area (Å²) in [7, 11) is -4.96. The van der Waals surface area contributed by atoms with Gasteiger partial charge in [-0.15, -0.1) is 0 Å². The van der Waals surface area contributed by atoms with Crippen molar-refractivity contribution in [2.45, 2.75) is 149 Å². The zero-order chi connectivity index (χ0) is 60.5. The number of anilines is 1. The molecule has 10 aliphatic rings. The van der Waals surface area contributed by atoms with Gasteiger partial charge in [0, 0.05) is 60.3 Å². The fraction of sp³-hybridized carbons (Fsp3) is 0.466. The van der Waals surface area contributed by atoms with Crippen molar-refractivity contribution in [1.29, 1.82) is 0 Å². The number of aromatic hydroxyl groups is 1. The number of aliphatic imine (C=N–C) groups is 1. The molecule has 89 heavy (non-hydrogen) atoms. The third-order valence-corrected chi connectivity index (χ3v) is 23.5. The number of guanidine groups is 1. The molecule has 3 fully saturated rings. The second-order valence-corrected chi connectivity index (χ2v) is 28.9. The number of aryl methyl sites for hydroxylation is 1. The Kier molecular flexibility index (Phi) is 17.6. The monoisotopic (exact) mass is 1230 g/mol. The molecule has 7 heterocycles. The van der Waals surface area contributed by atoms with Crippen molar-refractivity contribution in [3.8, 4) is 23.3 Å². The van der Waals surface area contributed by atoms with E-state index in [0.29, 0.717) is 61.8 Å². The maximum atomic E-state index is 14.5. The maximum Gasteiger partial charge on any atom is 1.00 e. The number of fused-ring (bicyclic) bond motifs is 11. The van der Waals surface area contributed by atoms with Crippen molar-refractivity contribution in [1.82, 2.24) is 10.3 Å². The van der Waals surface area contributed by atoms with Gasteiger partial charge in [-0.05, 0) is 218 Å². The van der Waals surface area contributed by atoms with Crippen molar-refractivity contribution in [3.05, 3.63) is 195 Å². The molecule has 5 aromatic carbocycles. The average molecular weight is 1230 g/mol. The molecule has 16 rings (SSSR count). The van der Waals surface area contributed by atoms with Gasteiger partial charge < -0.3 is 56.4 Å². The summed E-state index contributed by atoms with van der Waals surface area (Å²) >= 11 is 0. The number of benzene rings is 5. The van der Waals surface area contributed by atoms with E-state index < -0.39 is 56.5 Å². The number of phenolic OH excluding ortho intramolecular Hbond substituents is 1. The normalized spacial score (nSPS) is 32.7. The number of aliphatic hydroxyl groups is 2. The minimum absolute atomic E-state index is 0. The number of H-pyrrole nitrogens is 1. The number of aromatic amines is 1. The Bertz CT molecular complexity index is 3790. The molecule has 0 amide bonds. The minimum atomic E-state index is -4.96. The summed E-state index contributed by atoms with van der Waals surface area (Å²) in [4.78, 5) is 8.67. The van der Waals surface area contributed by atoms with E-state index in [2.05, 4.69) is 119 Å². The predicted octanol–water partition coefficient (Wildman–Crippen LogP) is 8.03. The van der Waals surface area contributed by atoms with Crippen LogP contribution in [0.15, 0.2) is 144 Å². The number of rotatable bonds is 10. The molecule has 10 N–H and O–H groups in total. The molecule has 16 heteroatoms. The van der Waals surface area contributed by atoms with Gasteiger partial charge in [-0.1, -0.05) is 110 Å². The zero-order valence-corrected chi connectivity index (χ0v) is 54.0. The van der Waals surface area contributed by atoms with Crippen LogP contribution in [0, 0.1) is 53.3 Å². The van der Waals surface area contributed by atoms with Crippen molar-refractivity contribution in [2.24, 2.45) is 57.9 Å². The Morgan fingerprint density at radius 3 is 2.46 bits per heavy atom. The topological polar surface area (TPSA) is 241 Å². The molecule has 4 aliphatic carbocycles. The van der Waals surface area contributed by atoms with Gasteiger partial charge in [-0.3, -0.25) is 0 Å². The van der Waals surface area contributed by atoms with Crippen LogP contribution in [0.2, 0.25) is 0 Å². The van der Waals surface area contributed by atoms with Crippen molar-refractivity contribution in [2.75, 3.05) is 25.0 Å². The predicted molar refractivity (Wildman–Crippen MR) is 340 cm³/mol. The standard InChI is InChI=1S/C73H84N6O8S.Na/c1-43-12-13-50-35-57-24-26-59(50)61(43)39-67(88(83,84)85)63-38-53-33-52(36-58-31-45(42-80)9-5-10-49-34-56(81)23-25-60(49)70(53)86-58)69(63)47-16-20-55(21-17-47)73(87-57,79-71(74)75)64-27-22-54-19-18-51(40-72(54,82)65(64)32-44-7-3-2-4-8-44)48-15-14-46-28-30-76-66(62(46)37-48)41-78-68-11-6-29-77-68;/h2-4,6-8,11,14-17,20-21,23-26,29,34-35,37-38,43,45,51-52,54,58,61,63-67,69-70,76-78,80-82H,9,12-13,18-19,22,27-28,30-33,36,39-42H2,1H3,(H4,74,75,79)(H,83,84,85);/q;+1/p-1/t43-,45+,51+,52-,54-,58-,61+,63-,64+,65-,66-,67-,69+,70-,72+,73-;/m1./s1. The van der Waals surface area contributed by atoms with Crippen molar-refractivity contribution in [3.63, 3.8) is 0 Å². The first kappa shape index (κ1) is 61.9.